The van der Waals surface area contributed by atoms with E-state index >= 15 is 0 Å². The molecule has 0 bridgehead atoms. The molecule has 3 aromatic rings. The molecule has 0 N–H and O–H groups in total. The van der Waals surface area contributed by atoms with Crippen LogP contribution in [0.15, 0.2) is 65.5 Å². The van der Waals surface area contributed by atoms with E-state index in [0.717, 1.165) is 23.4 Å². The molecule has 1 amide bonds. The molecule has 130 valence electrons. The third kappa shape index (κ3) is 2.62. The van der Waals surface area contributed by atoms with Gasteiger partial charge in [0.15, 0.2) is 5.69 Å². The Kier molecular flexibility index (Phi) is 3.92. The second kappa shape index (κ2) is 6.26. The van der Waals surface area contributed by atoms with Crippen molar-refractivity contribution < 1.29 is 4.79 Å². The molecule has 5 nitrogen and oxygen atoms in total. The maximum Gasteiger partial charge on any atom is 0.283 e. The minimum Gasteiger partial charge on any atom is -0.303 e. The summed E-state index contributed by atoms with van der Waals surface area (Å²) in [5.74, 6) is -0.350. The molecule has 1 aromatic heterocycles. The highest BCUT2D eigenvalue weighted by molar-refractivity contribution is 6.06. The van der Waals surface area contributed by atoms with Gasteiger partial charge in [-0.05, 0) is 44.0 Å². The number of anilines is 1. The first-order valence-electron chi connectivity index (χ1n) is 8.64. The van der Waals surface area contributed by atoms with E-state index in [-0.39, 0.29) is 23.1 Å². The van der Waals surface area contributed by atoms with Gasteiger partial charge >= 0.3 is 0 Å². The van der Waals surface area contributed by atoms with Crippen LogP contribution < -0.4 is 10.3 Å². The fourth-order valence-corrected chi connectivity index (χ4v) is 3.52. The summed E-state index contributed by atoms with van der Waals surface area (Å²) in [4.78, 5) is 27.4. The van der Waals surface area contributed by atoms with Gasteiger partial charge in [-0.3, -0.25) is 9.59 Å². The van der Waals surface area contributed by atoms with Crippen molar-refractivity contribution in [3.8, 4) is 5.69 Å². The fraction of sp³-hybridized carbons (Fsp3) is 0.190. The molecule has 2 aromatic carbocycles. The number of para-hydroxylation sites is 2. The Labute approximate surface area is 151 Å². The van der Waals surface area contributed by atoms with Crippen LogP contribution in [0.5, 0.6) is 0 Å². The molecule has 2 heterocycles. The number of benzene rings is 2. The predicted octanol–water partition coefficient (Wildman–Crippen LogP) is 3.13. The van der Waals surface area contributed by atoms with Crippen molar-refractivity contribution in [3.63, 3.8) is 0 Å². The molecule has 0 spiro atoms. The zero-order chi connectivity index (χ0) is 18.3. The topological polar surface area (TPSA) is 55.2 Å². The zero-order valence-electron chi connectivity index (χ0n) is 14.7. The number of hydrogen-bond acceptors (Lipinski definition) is 3. The van der Waals surface area contributed by atoms with E-state index in [1.165, 1.54) is 6.07 Å². The SMILES string of the molecule is Cc1cc(=O)c(C(=O)N2c3ccccc3C[C@H]2C)nn1-c1ccccc1. The van der Waals surface area contributed by atoms with Gasteiger partial charge in [0, 0.05) is 23.5 Å². The second-order valence-corrected chi connectivity index (χ2v) is 6.60. The minimum absolute atomic E-state index is 0.00687. The van der Waals surface area contributed by atoms with Crippen molar-refractivity contribution >= 4 is 11.6 Å². The summed E-state index contributed by atoms with van der Waals surface area (Å²) >= 11 is 0. The van der Waals surface area contributed by atoms with E-state index in [0.29, 0.717) is 5.69 Å². The van der Waals surface area contributed by atoms with Gasteiger partial charge < -0.3 is 4.90 Å². The van der Waals surface area contributed by atoms with E-state index in [1.807, 2.05) is 68.4 Å². The molecule has 0 saturated carbocycles. The standard InChI is InChI=1S/C21H19N3O2/c1-14-12-16-8-6-7-11-18(16)23(14)21(26)20-19(25)13-15(2)24(22-20)17-9-4-3-5-10-17/h3-11,13-14H,12H2,1-2H3/t14-/m1/s1. The van der Waals surface area contributed by atoms with E-state index < -0.39 is 0 Å². The lowest BCUT2D eigenvalue weighted by Crippen LogP contribution is -2.39. The van der Waals surface area contributed by atoms with Crippen LogP contribution in [0.4, 0.5) is 5.69 Å². The van der Waals surface area contributed by atoms with Crippen LogP contribution in [-0.4, -0.2) is 21.7 Å². The normalized spacial score (nSPS) is 15.8. The van der Waals surface area contributed by atoms with Crippen LogP contribution >= 0.6 is 0 Å². The molecular weight excluding hydrogens is 326 g/mol. The van der Waals surface area contributed by atoms with Crippen LogP contribution in [0, 0.1) is 6.92 Å². The van der Waals surface area contributed by atoms with Crippen molar-refractivity contribution in [2.24, 2.45) is 0 Å². The molecular formula is C21H19N3O2. The summed E-state index contributed by atoms with van der Waals surface area (Å²) < 4.78 is 1.64. The number of carbonyl (C=O) groups is 1. The molecule has 0 aliphatic carbocycles. The number of aromatic nitrogens is 2. The molecule has 0 radical (unpaired) electrons. The Hall–Kier alpha value is -3.21. The second-order valence-electron chi connectivity index (χ2n) is 6.60. The number of amides is 1. The third-order valence-electron chi connectivity index (χ3n) is 4.74. The van der Waals surface area contributed by atoms with Gasteiger partial charge in [0.25, 0.3) is 5.91 Å². The number of hydrogen-bond donors (Lipinski definition) is 0. The Bertz CT molecular complexity index is 1040. The summed E-state index contributed by atoms with van der Waals surface area (Å²) in [5.41, 5.74) is 3.07. The number of carbonyl (C=O) groups excluding carboxylic acids is 1. The third-order valence-corrected chi connectivity index (χ3v) is 4.74. The van der Waals surface area contributed by atoms with Crippen molar-refractivity contribution in [3.05, 3.63) is 87.8 Å². The Balaban J connectivity index is 1.81. The van der Waals surface area contributed by atoms with Gasteiger partial charge in [-0.25, -0.2) is 4.68 Å². The molecule has 0 saturated heterocycles. The maximum absolute atomic E-state index is 13.2. The molecule has 1 aliphatic rings. The zero-order valence-corrected chi connectivity index (χ0v) is 14.7. The lowest BCUT2D eigenvalue weighted by atomic mass is 10.1. The highest BCUT2D eigenvalue weighted by Crippen LogP contribution is 2.32. The van der Waals surface area contributed by atoms with E-state index in [9.17, 15) is 9.59 Å². The number of rotatable bonds is 2. The van der Waals surface area contributed by atoms with Crippen LogP contribution in [0.3, 0.4) is 0 Å². The number of nitrogens with zero attached hydrogens (tertiary/aromatic N) is 3. The molecule has 4 rings (SSSR count). The summed E-state index contributed by atoms with van der Waals surface area (Å²) in [6.07, 6.45) is 0.778. The largest absolute Gasteiger partial charge is 0.303 e. The summed E-state index contributed by atoms with van der Waals surface area (Å²) in [7, 11) is 0. The quantitative estimate of drug-likeness (QED) is 0.717. The van der Waals surface area contributed by atoms with E-state index in [2.05, 4.69) is 5.10 Å². The van der Waals surface area contributed by atoms with Crippen molar-refractivity contribution in [1.82, 2.24) is 9.78 Å². The van der Waals surface area contributed by atoms with Gasteiger partial charge in [0.1, 0.15) is 0 Å². The van der Waals surface area contributed by atoms with Gasteiger partial charge in [0.05, 0.1) is 5.69 Å². The van der Waals surface area contributed by atoms with E-state index in [4.69, 9.17) is 0 Å². The van der Waals surface area contributed by atoms with Crippen molar-refractivity contribution in [2.45, 2.75) is 26.3 Å². The summed E-state index contributed by atoms with van der Waals surface area (Å²) in [5, 5.41) is 4.41. The molecule has 26 heavy (non-hydrogen) atoms. The Morgan fingerprint density at radius 2 is 1.77 bits per heavy atom. The van der Waals surface area contributed by atoms with E-state index in [1.54, 1.807) is 9.58 Å². The lowest BCUT2D eigenvalue weighted by molar-refractivity contribution is 0.0974. The smallest absolute Gasteiger partial charge is 0.283 e. The molecule has 1 atom stereocenters. The van der Waals surface area contributed by atoms with Crippen molar-refractivity contribution in [1.29, 1.82) is 0 Å². The molecule has 0 fully saturated rings. The first kappa shape index (κ1) is 16.3. The minimum atomic E-state index is -0.351. The maximum atomic E-state index is 13.2. The van der Waals surface area contributed by atoms with Gasteiger partial charge in [-0.1, -0.05) is 36.4 Å². The number of aryl methyl sites for hydroxylation is 1. The fourth-order valence-electron chi connectivity index (χ4n) is 3.52. The van der Waals surface area contributed by atoms with Gasteiger partial charge in [-0.2, -0.15) is 5.10 Å². The first-order valence-corrected chi connectivity index (χ1v) is 8.64. The lowest BCUT2D eigenvalue weighted by Gasteiger charge is -2.22. The van der Waals surface area contributed by atoms with Crippen molar-refractivity contribution in [2.75, 3.05) is 4.90 Å². The van der Waals surface area contributed by atoms with Crippen LogP contribution in [0.1, 0.15) is 28.7 Å². The first-order chi connectivity index (χ1) is 12.6. The molecule has 5 heteroatoms. The molecule has 0 unspecified atom stereocenters. The molecule has 1 aliphatic heterocycles. The van der Waals surface area contributed by atoms with Crippen LogP contribution in [0.25, 0.3) is 5.69 Å². The predicted molar refractivity (Wildman–Crippen MR) is 101 cm³/mol. The average Bonchev–Trinajstić information content (AvgIpc) is 2.97. The number of fused-ring (bicyclic) bond motifs is 1. The summed E-state index contributed by atoms with van der Waals surface area (Å²) in [6.45, 7) is 3.80. The van der Waals surface area contributed by atoms with Crippen LogP contribution in [0.2, 0.25) is 0 Å². The van der Waals surface area contributed by atoms with Crippen LogP contribution in [-0.2, 0) is 6.42 Å². The monoisotopic (exact) mass is 345 g/mol. The van der Waals surface area contributed by atoms with Gasteiger partial charge in [0.2, 0.25) is 5.43 Å². The van der Waals surface area contributed by atoms with Gasteiger partial charge in [-0.15, -0.1) is 0 Å². The Morgan fingerprint density at radius 3 is 2.54 bits per heavy atom. The Morgan fingerprint density at radius 1 is 1.08 bits per heavy atom. The highest BCUT2D eigenvalue weighted by atomic mass is 16.2. The average molecular weight is 345 g/mol. The summed E-state index contributed by atoms with van der Waals surface area (Å²) in [6, 6.07) is 18.8. The highest BCUT2D eigenvalue weighted by Gasteiger charge is 2.33.